The van der Waals surface area contributed by atoms with E-state index in [4.69, 9.17) is 37.0 Å². The molecule has 0 aromatic heterocycles. The minimum absolute atomic E-state index is 0.109. The van der Waals surface area contributed by atoms with Gasteiger partial charge in [-0.2, -0.15) is 0 Å². The van der Waals surface area contributed by atoms with Crippen LogP contribution >= 0.6 is 15.6 Å². The highest BCUT2D eigenvalue weighted by Gasteiger charge is 2.30. The lowest BCUT2D eigenvalue weighted by Gasteiger charge is -2.21. The Morgan fingerprint density at radius 1 is 0.231 bits per heavy atom. The number of hydrogen-bond acceptors (Lipinski definition) is 15. The Balaban J connectivity index is 5.22. The van der Waals surface area contributed by atoms with E-state index in [-0.39, 0.29) is 25.7 Å². The summed E-state index contributed by atoms with van der Waals surface area (Å²) >= 11 is 0. The zero-order chi connectivity index (χ0) is 76.0. The summed E-state index contributed by atoms with van der Waals surface area (Å²) < 4.78 is 68.8. The molecule has 0 heterocycles. The molecule has 19 heteroatoms. The van der Waals surface area contributed by atoms with Gasteiger partial charge in [-0.25, -0.2) is 9.13 Å². The van der Waals surface area contributed by atoms with Gasteiger partial charge in [0.2, 0.25) is 0 Å². The van der Waals surface area contributed by atoms with Gasteiger partial charge >= 0.3 is 39.5 Å². The van der Waals surface area contributed by atoms with E-state index in [0.717, 1.165) is 89.9 Å². The van der Waals surface area contributed by atoms with E-state index in [1.54, 1.807) is 0 Å². The SMILES string of the molecule is CCCCCCCCCCCCCCCCCCCCCCCC(=O)O[C@H](COC(=O)CCCCCCCCCCCCCCCCCCCCC)COP(=O)(O)OC[C@@H](O)COP(=O)(O)OC[C@@H](COC(=O)CCCCCCCCCCCCC)OC(=O)CCCCCCCCCCCCCCC. The van der Waals surface area contributed by atoms with Gasteiger partial charge in [0.25, 0.3) is 0 Å². The number of carbonyl (C=O) groups excluding carboxylic acids is 4. The topological polar surface area (TPSA) is 237 Å². The monoisotopic (exact) mass is 1520 g/mol. The van der Waals surface area contributed by atoms with Crippen molar-refractivity contribution < 1.29 is 80.2 Å². The van der Waals surface area contributed by atoms with E-state index in [9.17, 15) is 43.2 Å². The third kappa shape index (κ3) is 78.2. The molecule has 2 unspecified atom stereocenters. The summed E-state index contributed by atoms with van der Waals surface area (Å²) in [6.45, 7) is 5.05. The average molecular weight is 1520 g/mol. The first kappa shape index (κ1) is 102. The maximum atomic E-state index is 13.1. The molecule has 104 heavy (non-hydrogen) atoms. The lowest BCUT2D eigenvalue weighted by atomic mass is 10.0. The molecule has 0 spiro atoms. The molecule has 3 N–H and O–H groups in total. The summed E-state index contributed by atoms with van der Waals surface area (Å²) in [6.07, 6.45) is 73.6. The number of esters is 4. The predicted octanol–water partition coefficient (Wildman–Crippen LogP) is 26.1. The Morgan fingerprint density at radius 2 is 0.385 bits per heavy atom. The molecule has 17 nitrogen and oxygen atoms in total. The fraction of sp³-hybridized carbons (Fsp3) is 0.953. The van der Waals surface area contributed by atoms with Crippen molar-refractivity contribution in [1.29, 1.82) is 0 Å². The molecular formula is C85H166O17P2. The van der Waals surface area contributed by atoms with Crippen LogP contribution in [0.4, 0.5) is 0 Å². The van der Waals surface area contributed by atoms with Crippen LogP contribution in [0.25, 0.3) is 0 Å². The third-order valence-electron chi connectivity index (χ3n) is 20.1. The van der Waals surface area contributed by atoms with E-state index in [2.05, 4.69) is 27.7 Å². The number of phosphoric ester groups is 2. The quantitative estimate of drug-likeness (QED) is 0.0222. The van der Waals surface area contributed by atoms with Crippen molar-refractivity contribution in [2.75, 3.05) is 39.6 Å². The number of carbonyl (C=O) groups is 4. The van der Waals surface area contributed by atoms with Crippen LogP contribution < -0.4 is 0 Å². The Bertz CT molecular complexity index is 1960. The number of phosphoric acid groups is 2. The van der Waals surface area contributed by atoms with Crippen LogP contribution in [-0.4, -0.2) is 96.7 Å². The average Bonchev–Trinajstić information content (AvgIpc) is 0.929. The van der Waals surface area contributed by atoms with Crippen molar-refractivity contribution >= 4 is 39.5 Å². The van der Waals surface area contributed by atoms with Crippen LogP contribution in [0.15, 0.2) is 0 Å². The van der Waals surface area contributed by atoms with Crippen LogP contribution in [0.3, 0.4) is 0 Å². The summed E-state index contributed by atoms with van der Waals surface area (Å²) in [5.74, 6) is -2.10. The molecule has 618 valence electrons. The molecule has 0 saturated carbocycles. The van der Waals surface area contributed by atoms with E-state index in [1.807, 2.05) is 0 Å². The van der Waals surface area contributed by atoms with Crippen LogP contribution in [0.5, 0.6) is 0 Å². The van der Waals surface area contributed by atoms with Crippen molar-refractivity contribution in [2.45, 2.75) is 483 Å². The van der Waals surface area contributed by atoms with Gasteiger partial charge in [-0.05, 0) is 25.7 Å². The molecule has 5 atom stereocenters. The van der Waals surface area contributed by atoms with Crippen LogP contribution in [-0.2, 0) is 65.4 Å². The fourth-order valence-corrected chi connectivity index (χ4v) is 14.9. The number of aliphatic hydroxyl groups excluding tert-OH is 1. The van der Waals surface area contributed by atoms with Crippen molar-refractivity contribution in [3.05, 3.63) is 0 Å². The van der Waals surface area contributed by atoms with Gasteiger partial charge in [0.05, 0.1) is 26.4 Å². The molecule has 0 fully saturated rings. The van der Waals surface area contributed by atoms with Crippen molar-refractivity contribution in [1.82, 2.24) is 0 Å². The minimum Gasteiger partial charge on any atom is -0.462 e. The Morgan fingerprint density at radius 3 is 0.567 bits per heavy atom. The highest BCUT2D eigenvalue weighted by molar-refractivity contribution is 7.47. The predicted molar refractivity (Wildman–Crippen MR) is 428 cm³/mol. The van der Waals surface area contributed by atoms with Gasteiger partial charge in [0.15, 0.2) is 12.2 Å². The van der Waals surface area contributed by atoms with E-state index in [0.29, 0.717) is 25.7 Å². The van der Waals surface area contributed by atoms with Gasteiger partial charge in [0.1, 0.15) is 19.3 Å². The molecule has 0 radical (unpaired) electrons. The molecule has 0 bridgehead atoms. The number of ether oxygens (including phenoxy) is 4. The fourth-order valence-electron chi connectivity index (χ4n) is 13.3. The van der Waals surface area contributed by atoms with Crippen LogP contribution in [0.2, 0.25) is 0 Å². The largest absolute Gasteiger partial charge is 0.472 e. The Kier molecular flexibility index (Phi) is 77.7. The highest BCUT2D eigenvalue weighted by atomic mass is 31.2. The first-order valence-electron chi connectivity index (χ1n) is 44.3. The van der Waals surface area contributed by atoms with Crippen LogP contribution in [0.1, 0.15) is 464 Å². The van der Waals surface area contributed by atoms with Gasteiger partial charge in [0, 0.05) is 25.7 Å². The van der Waals surface area contributed by atoms with Gasteiger partial charge in [-0.1, -0.05) is 413 Å². The summed E-state index contributed by atoms with van der Waals surface area (Å²) in [4.78, 5) is 73.2. The summed E-state index contributed by atoms with van der Waals surface area (Å²) in [7, 11) is -9.92. The maximum Gasteiger partial charge on any atom is 0.472 e. The maximum absolute atomic E-state index is 13.1. The van der Waals surface area contributed by atoms with Gasteiger partial charge in [-0.15, -0.1) is 0 Å². The highest BCUT2D eigenvalue weighted by Crippen LogP contribution is 2.45. The zero-order valence-electron chi connectivity index (χ0n) is 68.0. The molecule has 0 rings (SSSR count). The zero-order valence-corrected chi connectivity index (χ0v) is 69.8. The van der Waals surface area contributed by atoms with Crippen molar-refractivity contribution in [2.24, 2.45) is 0 Å². The van der Waals surface area contributed by atoms with E-state index >= 15 is 0 Å². The molecule has 0 aromatic rings. The van der Waals surface area contributed by atoms with Gasteiger partial charge < -0.3 is 33.8 Å². The van der Waals surface area contributed by atoms with E-state index < -0.39 is 97.5 Å². The Hall–Kier alpha value is -1.94. The second-order valence-electron chi connectivity index (χ2n) is 30.6. The number of unbranched alkanes of at least 4 members (excludes halogenated alkanes) is 60. The van der Waals surface area contributed by atoms with Crippen molar-refractivity contribution in [3.63, 3.8) is 0 Å². The number of rotatable bonds is 86. The van der Waals surface area contributed by atoms with E-state index in [1.165, 1.54) is 295 Å². The molecule has 0 aliphatic heterocycles. The lowest BCUT2D eigenvalue weighted by molar-refractivity contribution is -0.161. The second-order valence-corrected chi connectivity index (χ2v) is 33.5. The summed E-state index contributed by atoms with van der Waals surface area (Å²) in [5, 5.41) is 10.7. The molecule has 0 aliphatic rings. The number of aliphatic hydroxyl groups is 1. The second kappa shape index (κ2) is 79.2. The molecule has 0 saturated heterocycles. The lowest BCUT2D eigenvalue weighted by Crippen LogP contribution is -2.30. The summed E-state index contributed by atoms with van der Waals surface area (Å²) in [5.41, 5.74) is 0. The minimum atomic E-state index is -4.96. The molecule has 0 aliphatic carbocycles. The number of hydrogen-bond donors (Lipinski definition) is 3. The van der Waals surface area contributed by atoms with Crippen molar-refractivity contribution in [3.8, 4) is 0 Å². The third-order valence-corrected chi connectivity index (χ3v) is 22.0. The standard InChI is InChI=1S/C85H166O17P2/c1-5-9-13-17-21-25-29-32-34-36-38-39-41-43-45-48-52-56-60-64-68-72-85(90)102-81(76-96-83(88)70-66-62-58-54-50-47-44-42-40-37-35-33-30-26-22-18-14-10-6-2)78-100-104(93,94)98-74-79(86)73-97-103(91,92)99-77-80(75-95-82(87)69-65-61-57-53-49-28-24-20-16-12-8-4)101-84(89)71-67-63-59-55-51-46-31-27-23-19-15-11-7-3/h79-81,86H,5-78H2,1-4H3,(H,91,92)(H,93,94)/t79-,80+,81+/m0/s1. The van der Waals surface area contributed by atoms with Gasteiger partial charge in [-0.3, -0.25) is 37.3 Å². The normalized spacial score (nSPS) is 13.7. The molecular weight excluding hydrogens is 1350 g/mol. The first-order chi connectivity index (χ1) is 50.7. The summed E-state index contributed by atoms with van der Waals surface area (Å²) in [6, 6.07) is 0. The Labute approximate surface area is 638 Å². The first-order valence-corrected chi connectivity index (χ1v) is 47.3. The molecule has 0 amide bonds. The molecule has 0 aromatic carbocycles. The van der Waals surface area contributed by atoms with Crippen LogP contribution in [0, 0.1) is 0 Å². The smallest absolute Gasteiger partial charge is 0.462 e.